The molecule has 8 heteroatoms. The van der Waals surface area contributed by atoms with E-state index in [-0.39, 0.29) is 11.4 Å². The van der Waals surface area contributed by atoms with Gasteiger partial charge in [0, 0.05) is 30.9 Å². The van der Waals surface area contributed by atoms with Gasteiger partial charge < -0.3 is 16.4 Å². The van der Waals surface area contributed by atoms with Crippen LogP contribution in [0.1, 0.15) is 69.7 Å². The van der Waals surface area contributed by atoms with Gasteiger partial charge in [0.15, 0.2) is 5.82 Å². The fourth-order valence-corrected chi connectivity index (χ4v) is 5.65. The molecule has 34 heavy (non-hydrogen) atoms. The summed E-state index contributed by atoms with van der Waals surface area (Å²) in [5, 5.41) is 21.6. The first-order valence-electron chi connectivity index (χ1n) is 11.8. The Labute approximate surface area is 199 Å². The predicted octanol–water partition coefficient (Wildman–Crippen LogP) is 2.45. The summed E-state index contributed by atoms with van der Waals surface area (Å²) in [5.74, 6) is 0.512. The van der Waals surface area contributed by atoms with Gasteiger partial charge in [0.2, 0.25) is 0 Å². The number of fused-ring (bicyclic) bond motifs is 2. The summed E-state index contributed by atoms with van der Waals surface area (Å²) in [6.07, 6.45) is 5.33. The standard InChI is InChI=1S/C26H31N7O/c1-16(28-2)17-7-9-21-18(13-17)5-6-19-14-20(23(34)29-3)8-10-22(19)26(21,24-30-32-33-31-24)15-25(27)11-4-12-25/h7-10,13-14,28H,1,4-6,11-12,15,27H2,2-3H3,(H,29,34)(H,30,31,32,33). The van der Waals surface area contributed by atoms with Crippen molar-refractivity contribution in [2.45, 2.75) is 49.5 Å². The molecule has 5 N–H and O–H groups in total. The molecule has 5 rings (SSSR count). The molecule has 1 fully saturated rings. The number of hydrogen-bond acceptors (Lipinski definition) is 6. The molecule has 0 spiro atoms. The molecule has 0 saturated heterocycles. The minimum absolute atomic E-state index is 0.100. The van der Waals surface area contributed by atoms with Gasteiger partial charge in [-0.2, -0.15) is 5.21 Å². The number of rotatable bonds is 6. The van der Waals surface area contributed by atoms with Crippen molar-refractivity contribution in [2.24, 2.45) is 5.73 Å². The molecule has 1 saturated carbocycles. The summed E-state index contributed by atoms with van der Waals surface area (Å²) >= 11 is 0. The SMILES string of the molecule is C=C(NC)c1ccc2c(c1)CCc1cc(C(=O)NC)ccc1C2(CC1(N)CCC1)c1nn[nH]n1. The van der Waals surface area contributed by atoms with Crippen LogP contribution in [0.2, 0.25) is 0 Å². The maximum absolute atomic E-state index is 12.4. The molecular formula is C26H31N7O. The number of nitrogens with zero attached hydrogens (tertiary/aromatic N) is 3. The van der Waals surface area contributed by atoms with Gasteiger partial charge in [-0.3, -0.25) is 4.79 Å². The third-order valence-electron chi connectivity index (χ3n) is 7.63. The third kappa shape index (κ3) is 3.49. The molecule has 1 atom stereocenters. The van der Waals surface area contributed by atoms with E-state index >= 15 is 0 Å². The number of nitrogens with two attached hydrogens (primary N) is 1. The van der Waals surface area contributed by atoms with Crippen LogP contribution in [0.15, 0.2) is 43.0 Å². The Bertz CT molecular complexity index is 1180. The number of H-pyrrole nitrogens is 1. The van der Waals surface area contributed by atoms with Crippen molar-refractivity contribution < 1.29 is 4.79 Å². The molecule has 2 aromatic carbocycles. The Morgan fingerprint density at radius 1 is 1.06 bits per heavy atom. The second-order valence-corrected chi connectivity index (χ2v) is 9.58. The second kappa shape index (κ2) is 8.36. The van der Waals surface area contributed by atoms with Crippen molar-refractivity contribution in [3.05, 3.63) is 82.2 Å². The lowest BCUT2D eigenvalue weighted by Gasteiger charge is -2.46. The van der Waals surface area contributed by atoms with E-state index in [0.29, 0.717) is 17.8 Å². The van der Waals surface area contributed by atoms with Gasteiger partial charge in [-0.25, -0.2) is 0 Å². The monoisotopic (exact) mass is 457 g/mol. The van der Waals surface area contributed by atoms with Crippen molar-refractivity contribution in [2.75, 3.05) is 14.1 Å². The van der Waals surface area contributed by atoms with Crippen LogP contribution in [0.25, 0.3) is 5.70 Å². The average molecular weight is 458 g/mol. The number of carbonyl (C=O) groups excluding carboxylic acids is 1. The summed E-state index contributed by atoms with van der Waals surface area (Å²) in [6.45, 7) is 4.15. The van der Waals surface area contributed by atoms with E-state index in [1.54, 1.807) is 7.05 Å². The lowest BCUT2D eigenvalue weighted by molar-refractivity contribution is 0.0963. The topological polar surface area (TPSA) is 122 Å². The first kappa shape index (κ1) is 22.3. The van der Waals surface area contributed by atoms with Crippen LogP contribution in [0.4, 0.5) is 0 Å². The van der Waals surface area contributed by atoms with Crippen LogP contribution in [-0.2, 0) is 18.3 Å². The van der Waals surface area contributed by atoms with Gasteiger partial charge >= 0.3 is 0 Å². The number of hydrogen-bond donors (Lipinski definition) is 4. The smallest absolute Gasteiger partial charge is 0.251 e. The van der Waals surface area contributed by atoms with Crippen LogP contribution in [-0.4, -0.2) is 46.2 Å². The molecule has 2 aliphatic rings. The fraction of sp³-hybridized carbons (Fsp3) is 0.385. The molecule has 0 aliphatic heterocycles. The van der Waals surface area contributed by atoms with E-state index in [0.717, 1.165) is 60.1 Å². The van der Waals surface area contributed by atoms with Crippen LogP contribution >= 0.6 is 0 Å². The first-order chi connectivity index (χ1) is 16.4. The Kier molecular flexibility index (Phi) is 5.48. The maximum Gasteiger partial charge on any atom is 0.251 e. The molecule has 8 nitrogen and oxygen atoms in total. The second-order valence-electron chi connectivity index (χ2n) is 9.58. The van der Waals surface area contributed by atoms with E-state index in [1.807, 2.05) is 19.2 Å². The number of aryl methyl sites for hydroxylation is 2. The third-order valence-corrected chi connectivity index (χ3v) is 7.63. The number of tetrazole rings is 1. The number of aromatic nitrogens is 4. The molecule has 3 aromatic rings. The molecule has 1 amide bonds. The van der Waals surface area contributed by atoms with Crippen molar-refractivity contribution in [1.29, 1.82) is 0 Å². The molecule has 1 aromatic heterocycles. The fourth-order valence-electron chi connectivity index (χ4n) is 5.65. The van der Waals surface area contributed by atoms with E-state index in [2.05, 4.69) is 62.1 Å². The van der Waals surface area contributed by atoms with Crippen molar-refractivity contribution in [3.63, 3.8) is 0 Å². The quantitative estimate of drug-likeness (QED) is 0.451. The molecular weight excluding hydrogens is 426 g/mol. The minimum atomic E-state index is -0.677. The van der Waals surface area contributed by atoms with Gasteiger partial charge in [-0.05, 0) is 84.5 Å². The van der Waals surface area contributed by atoms with Crippen molar-refractivity contribution >= 4 is 11.6 Å². The number of carbonyl (C=O) groups is 1. The first-order valence-corrected chi connectivity index (χ1v) is 11.8. The lowest BCUT2D eigenvalue weighted by atomic mass is 9.60. The van der Waals surface area contributed by atoms with Gasteiger partial charge in [-0.15, -0.1) is 10.2 Å². The van der Waals surface area contributed by atoms with Gasteiger partial charge in [0.25, 0.3) is 5.91 Å². The van der Waals surface area contributed by atoms with E-state index < -0.39 is 5.41 Å². The zero-order chi connectivity index (χ0) is 23.9. The molecule has 1 heterocycles. The van der Waals surface area contributed by atoms with Crippen molar-refractivity contribution in [1.82, 2.24) is 31.3 Å². The van der Waals surface area contributed by atoms with Crippen molar-refractivity contribution in [3.8, 4) is 0 Å². The molecule has 176 valence electrons. The Morgan fingerprint density at radius 3 is 2.24 bits per heavy atom. The van der Waals surface area contributed by atoms with Crippen LogP contribution in [0, 0.1) is 0 Å². The normalized spacial score (nSPS) is 20.3. The minimum Gasteiger partial charge on any atom is -0.388 e. The highest BCUT2D eigenvalue weighted by Gasteiger charge is 2.50. The Morgan fingerprint density at radius 2 is 1.71 bits per heavy atom. The lowest BCUT2D eigenvalue weighted by Crippen LogP contribution is -2.52. The molecule has 2 aliphatic carbocycles. The highest BCUT2D eigenvalue weighted by Crippen LogP contribution is 2.51. The highest BCUT2D eigenvalue weighted by molar-refractivity contribution is 5.94. The van der Waals surface area contributed by atoms with E-state index in [4.69, 9.17) is 5.73 Å². The zero-order valence-electron chi connectivity index (χ0n) is 19.7. The highest BCUT2D eigenvalue weighted by atomic mass is 16.1. The summed E-state index contributed by atoms with van der Waals surface area (Å²) in [7, 11) is 3.53. The largest absolute Gasteiger partial charge is 0.388 e. The van der Waals surface area contributed by atoms with Gasteiger partial charge in [-0.1, -0.05) is 30.0 Å². The summed E-state index contributed by atoms with van der Waals surface area (Å²) in [5.41, 5.74) is 13.0. The summed E-state index contributed by atoms with van der Waals surface area (Å²) in [4.78, 5) is 12.4. The van der Waals surface area contributed by atoms with Crippen LogP contribution in [0.5, 0.6) is 0 Å². The zero-order valence-corrected chi connectivity index (χ0v) is 19.7. The number of benzene rings is 2. The van der Waals surface area contributed by atoms with Crippen LogP contribution < -0.4 is 16.4 Å². The van der Waals surface area contributed by atoms with Gasteiger partial charge in [0.1, 0.15) is 0 Å². The Balaban J connectivity index is 1.79. The Hall–Kier alpha value is -3.52. The number of nitrogens with one attached hydrogen (secondary N) is 3. The summed E-state index contributed by atoms with van der Waals surface area (Å²) < 4.78 is 0. The molecule has 0 radical (unpaired) electrons. The van der Waals surface area contributed by atoms with E-state index in [1.165, 1.54) is 5.56 Å². The van der Waals surface area contributed by atoms with Gasteiger partial charge in [0.05, 0.1) is 5.41 Å². The summed E-state index contributed by atoms with van der Waals surface area (Å²) in [6, 6.07) is 12.4. The maximum atomic E-state index is 12.4. The predicted molar refractivity (Wildman–Crippen MR) is 131 cm³/mol. The van der Waals surface area contributed by atoms with E-state index in [9.17, 15) is 4.79 Å². The number of aromatic amines is 1. The molecule has 1 unspecified atom stereocenters. The van der Waals surface area contributed by atoms with Crippen LogP contribution in [0.3, 0.4) is 0 Å². The average Bonchev–Trinajstić information content (AvgIpc) is 3.35. The number of amides is 1. The molecule has 0 bridgehead atoms.